The molecule has 3 rings (SSSR count). The predicted octanol–water partition coefficient (Wildman–Crippen LogP) is 4.04. The summed E-state index contributed by atoms with van der Waals surface area (Å²) in [7, 11) is 0. The van der Waals surface area contributed by atoms with E-state index in [0.717, 1.165) is 11.6 Å². The van der Waals surface area contributed by atoms with Crippen LogP contribution in [0.15, 0.2) is 53.3 Å². The largest absolute Gasteiger partial charge is 0.380 e. The van der Waals surface area contributed by atoms with Gasteiger partial charge in [0, 0.05) is 41.5 Å². The van der Waals surface area contributed by atoms with Crippen LogP contribution in [0.25, 0.3) is 0 Å². The number of aromatic nitrogens is 1. The average Bonchev–Trinajstić information content (AvgIpc) is 2.63. The number of anilines is 1. The van der Waals surface area contributed by atoms with Gasteiger partial charge in [0.25, 0.3) is 5.56 Å². The highest BCUT2D eigenvalue weighted by molar-refractivity contribution is 5.53. The normalized spacial score (nSPS) is 10.4. The molecular weight excluding hydrogens is 348 g/mol. The summed E-state index contributed by atoms with van der Waals surface area (Å²) in [5.41, 5.74) is 3.10. The number of hydrogen-bond donors (Lipinski definition) is 2. The molecule has 0 saturated heterocycles. The third kappa shape index (κ3) is 4.39. The van der Waals surface area contributed by atoms with E-state index in [9.17, 15) is 13.6 Å². The van der Waals surface area contributed by atoms with Gasteiger partial charge in [-0.3, -0.25) is 4.79 Å². The van der Waals surface area contributed by atoms with Crippen molar-refractivity contribution in [3.8, 4) is 6.07 Å². The van der Waals surface area contributed by atoms with Crippen LogP contribution in [0, 0.1) is 29.9 Å². The number of nitriles is 1. The monoisotopic (exact) mass is 365 g/mol. The van der Waals surface area contributed by atoms with E-state index in [0.29, 0.717) is 34.5 Å². The number of pyridine rings is 1. The molecule has 0 radical (unpaired) electrons. The van der Waals surface area contributed by atoms with Crippen molar-refractivity contribution in [3.63, 3.8) is 0 Å². The van der Waals surface area contributed by atoms with Crippen molar-refractivity contribution in [2.75, 3.05) is 5.32 Å². The first-order valence-electron chi connectivity index (χ1n) is 8.36. The van der Waals surface area contributed by atoms with Crippen molar-refractivity contribution in [1.82, 2.24) is 4.98 Å². The number of nitrogens with zero attached hydrogens (tertiary/aromatic N) is 1. The Bertz CT molecular complexity index is 1080. The molecule has 0 spiro atoms. The minimum atomic E-state index is -0.646. The molecule has 0 amide bonds. The Hall–Kier alpha value is -3.46. The Labute approximate surface area is 155 Å². The number of H-pyrrole nitrogens is 1. The number of aryl methyl sites for hydroxylation is 1. The van der Waals surface area contributed by atoms with Gasteiger partial charge in [0.2, 0.25) is 0 Å². The SMILES string of the molecule is Cc1cc(NCc2ccc(F)cc2F)c(Cc2cccc(C#N)c2)c(=O)[nH]1. The van der Waals surface area contributed by atoms with Gasteiger partial charge in [-0.25, -0.2) is 8.78 Å². The topological polar surface area (TPSA) is 68.7 Å². The van der Waals surface area contributed by atoms with Crippen LogP contribution < -0.4 is 10.9 Å². The summed E-state index contributed by atoms with van der Waals surface area (Å²) < 4.78 is 26.9. The van der Waals surface area contributed by atoms with Gasteiger partial charge in [-0.05, 0) is 36.8 Å². The summed E-state index contributed by atoms with van der Waals surface area (Å²) in [5, 5.41) is 12.1. The Morgan fingerprint density at radius 3 is 2.70 bits per heavy atom. The smallest absolute Gasteiger partial charge is 0.253 e. The lowest BCUT2D eigenvalue weighted by Gasteiger charge is -2.13. The van der Waals surface area contributed by atoms with E-state index in [1.165, 1.54) is 12.1 Å². The zero-order valence-electron chi connectivity index (χ0n) is 14.6. The summed E-state index contributed by atoms with van der Waals surface area (Å²) in [4.78, 5) is 15.2. The zero-order chi connectivity index (χ0) is 19.4. The van der Waals surface area contributed by atoms with E-state index in [4.69, 9.17) is 5.26 Å². The van der Waals surface area contributed by atoms with Crippen molar-refractivity contribution in [2.24, 2.45) is 0 Å². The lowest BCUT2D eigenvalue weighted by Crippen LogP contribution is -2.18. The molecule has 2 aromatic carbocycles. The van der Waals surface area contributed by atoms with Crippen LogP contribution in [0.3, 0.4) is 0 Å². The van der Waals surface area contributed by atoms with Gasteiger partial charge in [-0.2, -0.15) is 5.26 Å². The number of rotatable bonds is 5. The van der Waals surface area contributed by atoms with Crippen molar-refractivity contribution in [1.29, 1.82) is 5.26 Å². The van der Waals surface area contributed by atoms with Crippen molar-refractivity contribution < 1.29 is 8.78 Å². The molecule has 3 aromatic rings. The zero-order valence-corrected chi connectivity index (χ0v) is 14.6. The maximum absolute atomic E-state index is 13.9. The van der Waals surface area contributed by atoms with E-state index in [-0.39, 0.29) is 12.1 Å². The molecule has 4 nitrogen and oxygen atoms in total. The summed E-state index contributed by atoms with van der Waals surface area (Å²) in [5.74, 6) is -1.28. The molecule has 136 valence electrons. The fraction of sp³-hybridized carbons (Fsp3) is 0.143. The summed E-state index contributed by atoms with van der Waals surface area (Å²) in [6.07, 6.45) is 0.319. The van der Waals surface area contributed by atoms with E-state index >= 15 is 0 Å². The van der Waals surface area contributed by atoms with Crippen LogP contribution in [-0.2, 0) is 13.0 Å². The quantitative estimate of drug-likeness (QED) is 0.717. The summed E-state index contributed by atoms with van der Waals surface area (Å²) in [6, 6.07) is 14.3. The third-order valence-electron chi connectivity index (χ3n) is 4.19. The van der Waals surface area contributed by atoms with Crippen molar-refractivity contribution in [2.45, 2.75) is 19.9 Å². The van der Waals surface area contributed by atoms with Crippen LogP contribution >= 0.6 is 0 Å². The van der Waals surface area contributed by atoms with Crippen molar-refractivity contribution in [3.05, 3.63) is 98.5 Å². The minimum Gasteiger partial charge on any atom is -0.380 e. The maximum atomic E-state index is 13.9. The van der Waals surface area contributed by atoms with Crippen LogP contribution in [0.2, 0.25) is 0 Å². The van der Waals surface area contributed by atoms with Gasteiger partial charge >= 0.3 is 0 Å². The highest BCUT2D eigenvalue weighted by atomic mass is 19.1. The maximum Gasteiger partial charge on any atom is 0.253 e. The van der Waals surface area contributed by atoms with E-state index < -0.39 is 11.6 Å². The second kappa shape index (κ2) is 7.83. The number of hydrogen-bond acceptors (Lipinski definition) is 3. The molecule has 27 heavy (non-hydrogen) atoms. The van der Waals surface area contributed by atoms with Gasteiger partial charge in [0.05, 0.1) is 11.6 Å². The van der Waals surface area contributed by atoms with Gasteiger partial charge < -0.3 is 10.3 Å². The van der Waals surface area contributed by atoms with Gasteiger partial charge in [-0.1, -0.05) is 18.2 Å². The number of nitrogens with one attached hydrogen (secondary N) is 2. The molecule has 0 aliphatic carbocycles. The Kier molecular flexibility index (Phi) is 5.32. The van der Waals surface area contributed by atoms with E-state index in [1.807, 2.05) is 6.07 Å². The Morgan fingerprint density at radius 1 is 1.15 bits per heavy atom. The van der Waals surface area contributed by atoms with Gasteiger partial charge in [0.15, 0.2) is 0 Å². The minimum absolute atomic E-state index is 0.111. The first-order chi connectivity index (χ1) is 13.0. The number of aromatic amines is 1. The molecule has 6 heteroatoms. The average molecular weight is 365 g/mol. The molecule has 0 atom stereocenters. The summed E-state index contributed by atoms with van der Waals surface area (Å²) >= 11 is 0. The molecule has 1 aromatic heterocycles. The first-order valence-corrected chi connectivity index (χ1v) is 8.36. The molecular formula is C21H17F2N3O. The second-order valence-corrected chi connectivity index (χ2v) is 6.25. The van der Waals surface area contributed by atoms with Crippen LogP contribution in [-0.4, -0.2) is 4.98 Å². The molecule has 0 bridgehead atoms. The second-order valence-electron chi connectivity index (χ2n) is 6.25. The number of halogens is 2. The Balaban J connectivity index is 1.90. The van der Waals surface area contributed by atoms with Crippen LogP contribution in [0.5, 0.6) is 0 Å². The fourth-order valence-electron chi connectivity index (χ4n) is 2.86. The van der Waals surface area contributed by atoms with Crippen molar-refractivity contribution >= 4 is 5.69 Å². The standard InChI is InChI=1S/C21H17F2N3O/c1-13-7-20(25-12-16-5-6-17(22)10-19(16)23)18(21(27)26-13)9-14-3-2-4-15(8-14)11-24/h2-8,10H,9,12H2,1H3,(H2,25,26,27). The molecule has 0 aliphatic rings. The molecule has 0 saturated carbocycles. The highest BCUT2D eigenvalue weighted by Crippen LogP contribution is 2.19. The molecule has 0 fully saturated rings. The lowest BCUT2D eigenvalue weighted by molar-refractivity contribution is 0.574. The van der Waals surface area contributed by atoms with E-state index in [2.05, 4.69) is 16.4 Å². The molecule has 1 heterocycles. The number of benzene rings is 2. The molecule has 0 aliphatic heterocycles. The van der Waals surface area contributed by atoms with Gasteiger partial charge in [0.1, 0.15) is 11.6 Å². The first kappa shape index (κ1) is 18.3. The lowest BCUT2D eigenvalue weighted by atomic mass is 10.0. The van der Waals surface area contributed by atoms with Crippen LogP contribution in [0.4, 0.5) is 14.5 Å². The third-order valence-corrected chi connectivity index (χ3v) is 4.19. The fourth-order valence-corrected chi connectivity index (χ4v) is 2.86. The predicted molar refractivity (Wildman–Crippen MR) is 99.4 cm³/mol. The molecule has 2 N–H and O–H groups in total. The van der Waals surface area contributed by atoms with E-state index in [1.54, 1.807) is 31.2 Å². The highest BCUT2D eigenvalue weighted by Gasteiger charge is 2.11. The Morgan fingerprint density at radius 2 is 1.96 bits per heavy atom. The van der Waals surface area contributed by atoms with Crippen LogP contribution in [0.1, 0.15) is 27.9 Å². The summed E-state index contributed by atoms with van der Waals surface area (Å²) in [6.45, 7) is 1.87. The van der Waals surface area contributed by atoms with Gasteiger partial charge in [-0.15, -0.1) is 0 Å². The molecule has 0 unspecified atom stereocenters.